The van der Waals surface area contributed by atoms with Crippen LogP contribution in [-0.4, -0.2) is 22.5 Å². The molecule has 0 fully saturated rings. The molecule has 72 valence electrons. The Bertz CT molecular complexity index is 433. The molecule has 0 unspecified atom stereocenters. The smallest absolute Gasteiger partial charge is 0.316 e. The van der Waals surface area contributed by atoms with E-state index in [1.54, 1.807) is 6.20 Å². The van der Waals surface area contributed by atoms with Gasteiger partial charge in [0.25, 0.3) is 0 Å². The number of hydrogen-bond donors (Lipinski definition) is 0. The van der Waals surface area contributed by atoms with Gasteiger partial charge in [0.05, 0.1) is 11.4 Å². The maximum atomic E-state index is 5.49. The van der Waals surface area contributed by atoms with Crippen molar-refractivity contribution in [2.24, 2.45) is 0 Å². The van der Waals surface area contributed by atoms with E-state index < -0.39 is 0 Å². The van der Waals surface area contributed by atoms with E-state index in [0.717, 1.165) is 10.9 Å². The molecule has 0 bridgehead atoms. The van der Waals surface area contributed by atoms with Crippen molar-refractivity contribution in [2.75, 3.05) is 12.5 Å². The molecule has 0 atom stereocenters. The summed E-state index contributed by atoms with van der Waals surface area (Å²) in [7, 11) is 0. The number of rotatable bonds is 3. The largest absolute Gasteiger partial charge is 0.462 e. The highest BCUT2D eigenvalue weighted by Crippen LogP contribution is 2.12. The van der Waals surface area contributed by atoms with Crippen molar-refractivity contribution in [3.63, 3.8) is 0 Å². The average molecular weight is 209 g/mol. The first kappa shape index (κ1) is 9.21. The molecule has 0 saturated heterocycles. The van der Waals surface area contributed by atoms with Crippen LogP contribution in [0.3, 0.4) is 0 Å². The first-order chi connectivity index (χ1) is 6.90. The Labute approximate surface area is 86.7 Å². The van der Waals surface area contributed by atoms with Gasteiger partial charge < -0.3 is 4.74 Å². The maximum absolute atomic E-state index is 5.49. The third-order valence-electron chi connectivity index (χ3n) is 1.78. The third kappa shape index (κ3) is 1.93. The number of hydrogen-bond acceptors (Lipinski definition) is 3. The number of halogens is 1. The quantitative estimate of drug-likeness (QED) is 0.726. The Kier molecular flexibility index (Phi) is 2.79. The van der Waals surface area contributed by atoms with Gasteiger partial charge in [0.15, 0.2) is 0 Å². The van der Waals surface area contributed by atoms with E-state index in [4.69, 9.17) is 16.3 Å². The summed E-state index contributed by atoms with van der Waals surface area (Å²) in [4.78, 5) is 8.27. The Hall–Kier alpha value is -1.35. The monoisotopic (exact) mass is 208 g/mol. The second kappa shape index (κ2) is 4.24. The maximum Gasteiger partial charge on any atom is 0.316 e. The molecule has 0 radical (unpaired) electrons. The van der Waals surface area contributed by atoms with Gasteiger partial charge in [0, 0.05) is 11.6 Å². The Morgan fingerprint density at radius 3 is 3.00 bits per heavy atom. The van der Waals surface area contributed by atoms with Gasteiger partial charge in [-0.2, -0.15) is 4.98 Å². The minimum absolute atomic E-state index is 0.379. The normalized spacial score (nSPS) is 10.4. The van der Waals surface area contributed by atoms with E-state index in [1.807, 2.05) is 24.3 Å². The number of aromatic nitrogens is 2. The second-order valence-corrected chi connectivity index (χ2v) is 3.13. The molecule has 0 saturated carbocycles. The molecule has 1 aromatic heterocycles. The van der Waals surface area contributed by atoms with Crippen molar-refractivity contribution in [1.29, 1.82) is 0 Å². The first-order valence-corrected chi connectivity index (χ1v) is 4.84. The molecule has 3 nitrogen and oxygen atoms in total. The molecule has 0 aliphatic rings. The summed E-state index contributed by atoms with van der Waals surface area (Å²) >= 11 is 5.49. The lowest BCUT2D eigenvalue weighted by Crippen LogP contribution is -2.01. The van der Waals surface area contributed by atoms with Crippen molar-refractivity contribution < 1.29 is 4.74 Å². The van der Waals surface area contributed by atoms with Crippen LogP contribution in [0.5, 0.6) is 6.01 Å². The van der Waals surface area contributed by atoms with Crippen molar-refractivity contribution in [3.05, 3.63) is 30.5 Å². The molecular formula is C10H9ClN2O. The SMILES string of the molecule is ClCCOc1ncc2ccccc2n1. The molecule has 14 heavy (non-hydrogen) atoms. The average Bonchev–Trinajstić information content (AvgIpc) is 2.26. The lowest BCUT2D eigenvalue weighted by Gasteiger charge is -2.02. The van der Waals surface area contributed by atoms with Gasteiger partial charge in [-0.15, -0.1) is 11.6 Å². The number of nitrogens with zero attached hydrogens (tertiary/aromatic N) is 2. The van der Waals surface area contributed by atoms with E-state index in [2.05, 4.69) is 9.97 Å². The van der Waals surface area contributed by atoms with Crippen LogP contribution in [0.1, 0.15) is 0 Å². The van der Waals surface area contributed by atoms with Gasteiger partial charge in [-0.05, 0) is 6.07 Å². The highest BCUT2D eigenvalue weighted by Gasteiger charge is 1.98. The number of alkyl halides is 1. The molecule has 1 heterocycles. The summed E-state index contributed by atoms with van der Waals surface area (Å²) in [6.07, 6.45) is 1.74. The van der Waals surface area contributed by atoms with Gasteiger partial charge in [0.2, 0.25) is 0 Å². The topological polar surface area (TPSA) is 35.0 Å². The van der Waals surface area contributed by atoms with Gasteiger partial charge >= 0.3 is 6.01 Å². The minimum Gasteiger partial charge on any atom is -0.462 e. The van der Waals surface area contributed by atoms with Crippen LogP contribution >= 0.6 is 11.6 Å². The number of para-hydroxylation sites is 1. The van der Waals surface area contributed by atoms with Gasteiger partial charge in [-0.3, -0.25) is 0 Å². The van der Waals surface area contributed by atoms with Crippen molar-refractivity contribution in [1.82, 2.24) is 9.97 Å². The molecule has 0 amide bonds. The Balaban J connectivity index is 2.32. The van der Waals surface area contributed by atoms with Crippen molar-refractivity contribution in [3.8, 4) is 6.01 Å². The highest BCUT2D eigenvalue weighted by atomic mass is 35.5. The minimum atomic E-state index is 0.379. The third-order valence-corrected chi connectivity index (χ3v) is 1.93. The molecule has 2 rings (SSSR count). The zero-order valence-corrected chi connectivity index (χ0v) is 8.24. The van der Waals surface area contributed by atoms with E-state index in [9.17, 15) is 0 Å². The van der Waals surface area contributed by atoms with Crippen LogP contribution in [0, 0.1) is 0 Å². The highest BCUT2D eigenvalue weighted by molar-refractivity contribution is 6.17. The summed E-state index contributed by atoms with van der Waals surface area (Å²) < 4.78 is 5.21. The Morgan fingerprint density at radius 1 is 1.29 bits per heavy atom. The van der Waals surface area contributed by atoms with E-state index in [-0.39, 0.29) is 0 Å². The number of fused-ring (bicyclic) bond motifs is 1. The predicted octanol–water partition coefficient (Wildman–Crippen LogP) is 2.25. The molecule has 0 spiro atoms. The molecule has 2 aromatic rings. The fraction of sp³-hybridized carbons (Fsp3) is 0.200. The Morgan fingerprint density at radius 2 is 2.14 bits per heavy atom. The predicted molar refractivity (Wildman–Crippen MR) is 55.8 cm³/mol. The summed E-state index contributed by atoms with van der Waals surface area (Å²) in [5.41, 5.74) is 0.882. The summed E-state index contributed by atoms with van der Waals surface area (Å²) in [6, 6.07) is 8.14. The molecule has 1 aromatic carbocycles. The van der Waals surface area contributed by atoms with Crippen LogP contribution in [0.25, 0.3) is 10.9 Å². The lowest BCUT2D eigenvalue weighted by molar-refractivity contribution is 0.316. The van der Waals surface area contributed by atoms with E-state index >= 15 is 0 Å². The molecule has 0 N–H and O–H groups in total. The fourth-order valence-corrected chi connectivity index (χ4v) is 1.23. The van der Waals surface area contributed by atoms with Crippen LogP contribution < -0.4 is 4.74 Å². The van der Waals surface area contributed by atoms with Crippen LogP contribution in [0.4, 0.5) is 0 Å². The van der Waals surface area contributed by atoms with Crippen molar-refractivity contribution >= 4 is 22.5 Å². The molecular weight excluding hydrogens is 200 g/mol. The molecule has 4 heteroatoms. The number of benzene rings is 1. The molecule has 0 aliphatic heterocycles. The summed E-state index contributed by atoms with van der Waals surface area (Å²) in [5.74, 6) is 0.441. The zero-order chi connectivity index (χ0) is 9.80. The van der Waals surface area contributed by atoms with Crippen LogP contribution in [0.2, 0.25) is 0 Å². The van der Waals surface area contributed by atoms with Gasteiger partial charge in [-0.25, -0.2) is 4.98 Å². The first-order valence-electron chi connectivity index (χ1n) is 4.31. The second-order valence-electron chi connectivity index (χ2n) is 2.75. The number of ether oxygens (including phenoxy) is 1. The van der Waals surface area contributed by atoms with E-state index in [1.165, 1.54) is 0 Å². The van der Waals surface area contributed by atoms with Gasteiger partial charge in [-0.1, -0.05) is 18.2 Å². The lowest BCUT2D eigenvalue weighted by atomic mass is 10.2. The standard InChI is InChI=1S/C10H9ClN2O/c11-5-6-14-10-12-7-8-3-1-2-4-9(8)13-10/h1-4,7H,5-6H2. The van der Waals surface area contributed by atoms with E-state index in [0.29, 0.717) is 18.5 Å². The summed E-state index contributed by atoms with van der Waals surface area (Å²) in [5, 5.41) is 1.01. The van der Waals surface area contributed by atoms with Crippen LogP contribution in [-0.2, 0) is 0 Å². The van der Waals surface area contributed by atoms with Crippen molar-refractivity contribution in [2.45, 2.75) is 0 Å². The summed E-state index contributed by atoms with van der Waals surface area (Å²) in [6.45, 7) is 0.430. The molecule has 0 aliphatic carbocycles. The van der Waals surface area contributed by atoms with Crippen LogP contribution in [0.15, 0.2) is 30.5 Å². The zero-order valence-electron chi connectivity index (χ0n) is 7.48. The fourth-order valence-electron chi connectivity index (χ4n) is 1.15. The van der Waals surface area contributed by atoms with Gasteiger partial charge in [0.1, 0.15) is 6.61 Å².